The predicted molar refractivity (Wildman–Crippen MR) is 155 cm³/mol. The zero-order valence-electron chi connectivity index (χ0n) is 22.2. The van der Waals surface area contributed by atoms with Crippen LogP contribution in [0.3, 0.4) is 0 Å². The minimum Gasteiger partial charge on any atom is -0.387 e. The van der Waals surface area contributed by atoms with Gasteiger partial charge in [0.25, 0.3) is 5.56 Å². The molecule has 2 amide bonds. The van der Waals surface area contributed by atoms with E-state index < -0.39 is 11.0 Å². The molecule has 2 aliphatic heterocycles. The molecular formula is C31H36N4O3S. The molecule has 6 rings (SSSR count). The molecule has 3 fully saturated rings. The lowest BCUT2D eigenvalue weighted by molar-refractivity contribution is -0.136. The van der Waals surface area contributed by atoms with Crippen molar-refractivity contribution in [3.8, 4) is 11.3 Å². The van der Waals surface area contributed by atoms with Crippen LogP contribution in [0.1, 0.15) is 43.7 Å². The molecule has 1 N–H and O–H groups in total. The molecule has 2 atom stereocenters. The fourth-order valence-electron chi connectivity index (χ4n) is 6.82. The van der Waals surface area contributed by atoms with Crippen molar-refractivity contribution >= 4 is 17.8 Å². The summed E-state index contributed by atoms with van der Waals surface area (Å²) in [4.78, 5) is 35.6. The highest BCUT2D eigenvalue weighted by Gasteiger charge is 2.56. The van der Waals surface area contributed by atoms with Gasteiger partial charge < -0.3 is 14.9 Å². The van der Waals surface area contributed by atoms with Gasteiger partial charge in [-0.1, -0.05) is 73.5 Å². The van der Waals surface area contributed by atoms with E-state index in [0.717, 1.165) is 49.3 Å². The van der Waals surface area contributed by atoms with E-state index in [2.05, 4.69) is 17.1 Å². The van der Waals surface area contributed by atoms with Gasteiger partial charge in [0, 0.05) is 48.2 Å². The molecule has 1 saturated carbocycles. The number of aliphatic hydroxyl groups is 1. The molecule has 1 aliphatic carbocycles. The van der Waals surface area contributed by atoms with E-state index in [1.807, 2.05) is 70.1 Å². The minimum atomic E-state index is -1.07. The normalized spacial score (nSPS) is 24.7. The van der Waals surface area contributed by atoms with E-state index in [9.17, 15) is 14.7 Å². The first-order chi connectivity index (χ1) is 19.0. The van der Waals surface area contributed by atoms with Crippen LogP contribution < -0.4 is 5.56 Å². The fourth-order valence-corrected chi connectivity index (χ4v) is 7.91. The maximum atomic E-state index is 14.0. The van der Waals surface area contributed by atoms with Gasteiger partial charge in [-0.15, -0.1) is 0 Å². The SMILES string of the molecule is O=C(N1CCC(O)(Cn2cnc(-c3ccccc3)cc2=O)C2(CCCC2)C1)N1CCSCC1c1ccccc1. The van der Waals surface area contributed by atoms with Crippen LogP contribution in [0.2, 0.25) is 0 Å². The summed E-state index contributed by atoms with van der Waals surface area (Å²) in [5.41, 5.74) is 1.03. The Morgan fingerprint density at radius 2 is 1.72 bits per heavy atom. The van der Waals surface area contributed by atoms with Crippen LogP contribution in [0.5, 0.6) is 0 Å². The molecule has 0 bridgehead atoms. The van der Waals surface area contributed by atoms with Crippen LogP contribution >= 0.6 is 11.8 Å². The number of carbonyl (C=O) groups excluding carboxylic acids is 1. The van der Waals surface area contributed by atoms with Gasteiger partial charge in [-0.05, 0) is 24.8 Å². The molecular weight excluding hydrogens is 508 g/mol. The average Bonchev–Trinajstić information content (AvgIpc) is 3.46. The fraction of sp³-hybridized carbons (Fsp3) is 0.452. The molecule has 7 nitrogen and oxygen atoms in total. The quantitative estimate of drug-likeness (QED) is 0.510. The van der Waals surface area contributed by atoms with Gasteiger partial charge in [-0.25, -0.2) is 9.78 Å². The van der Waals surface area contributed by atoms with Gasteiger partial charge in [0.05, 0.1) is 30.2 Å². The van der Waals surface area contributed by atoms with Crippen LogP contribution in [0.4, 0.5) is 4.79 Å². The summed E-state index contributed by atoms with van der Waals surface area (Å²) in [5, 5.41) is 12.2. The van der Waals surface area contributed by atoms with Crippen molar-refractivity contribution in [1.29, 1.82) is 0 Å². The molecule has 39 heavy (non-hydrogen) atoms. The number of piperidine rings is 1. The number of benzene rings is 2. The van der Waals surface area contributed by atoms with E-state index in [-0.39, 0.29) is 24.2 Å². The second kappa shape index (κ2) is 10.8. The lowest BCUT2D eigenvalue weighted by atomic mass is 9.66. The van der Waals surface area contributed by atoms with Crippen molar-refractivity contribution in [2.75, 3.05) is 31.1 Å². The first kappa shape index (κ1) is 26.1. The third-order valence-corrected chi connectivity index (χ3v) is 10.1. The lowest BCUT2D eigenvalue weighted by Crippen LogP contribution is -2.63. The van der Waals surface area contributed by atoms with Gasteiger partial charge in [-0.2, -0.15) is 11.8 Å². The Bertz CT molecular complexity index is 1360. The van der Waals surface area contributed by atoms with Crippen LogP contribution in [0.25, 0.3) is 11.3 Å². The number of urea groups is 1. The van der Waals surface area contributed by atoms with Crippen LogP contribution in [0.15, 0.2) is 77.9 Å². The highest BCUT2D eigenvalue weighted by Crippen LogP contribution is 2.52. The van der Waals surface area contributed by atoms with Crippen molar-refractivity contribution in [2.24, 2.45) is 5.41 Å². The number of rotatable bonds is 4. The third kappa shape index (κ3) is 5.00. The number of nitrogens with zero attached hydrogens (tertiary/aromatic N) is 4. The molecule has 2 saturated heterocycles. The summed E-state index contributed by atoms with van der Waals surface area (Å²) < 4.78 is 1.55. The molecule has 3 aliphatic rings. The molecule has 1 spiro atoms. The zero-order valence-corrected chi connectivity index (χ0v) is 23.1. The molecule has 1 aromatic heterocycles. The van der Waals surface area contributed by atoms with Crippen molar-refractivity contribution in [3.63, 3.8) is 0 Å². The van der Waals surface area contributed by atoms with Crippen LogP contribution in [-0.2, 0) is 6.54 Å². The Labute approximate surface area is 233 Å². The number of hydrogen-bond acceptors (Lipinski definition) is 5. The van der Waals surface area contributed by atoms with Gasteiger partial charge in [-0.3, -0.25) is 9.36 Å². The van der Waals surface area contributed by atoms with E-state index in [1.54, 1.807) is 17.0 Å². The number of hydrogen-bond donors (Lipinski definition) is 1. The van der Waals surface area contributed by atoms with Crippen LogP contribution in [0, 0.1) is 5.41 Å². The Balaban J connectivity index is 1.23. The van der Waals surface area contributed by atoms with Crippen molar-refractivity contribution in [3.05, 3.63) is 89.0 Å². The molecule has 2 unspecified atom stereocenters. The molecule has 3 heterocycles. The minimum absolute atomic E-state index is 0.0607. The van der Waals surface area contributed by atoms with Crippen molar-refractivity contribution in [2.45, 2.75) is 50.3 Å². The summed E-state index contributed by atoms with van der Waals surface area (Å²) in [6, 6.07) is 21.6. The largest absolute Gasteiger partial charge is 0.387 e. The second-order valence-corrected chi connectivity index (χ2v) is 12.4. The summed E-state index contributed by atoms with van der Waals surface area (Å²) in [6.45, 7) is 1.93. The zero-order chi connectivity index (χ0) is 26.9. The van der Waals surface area contributed by atoms with Gasteiger partial charge >= 0.3 is 6.03 Å². The standard InChI is InChI=1S/C31H36N4O3S/c36-28-19-26(24-9-3-1-4-10-24)32-23-34(28)22-31(38)15-16-33(21-30(31)13-7-8-14-30)29(37)35-17-18-39-20-27(35)25-11-5-2-6-12-25/h1-6,9-12,19,23,27,38H,7-8,13-18,20-22H2. The van der Waals surface area contributed by atoms with Gasteiger partial charge in [0.1, 0.15) is 0 Å². The smallest absolute Gasteiger partial charge is 0.320 e. The lowest BCUT2D eigenvalue weighted by Gasteiger charge is -2.53. The van der Waals surface area contributed by atoms with Crippen LogP contribution in [-0.4, -0.2) is 67.2 Å². The van der Waals surface area contributed by atoms with E-state index in [0.29, 0.717) is 25.2 Å². The highest BCUT2D eigenvalue weighted by atomic mass is 32.2. The number of thioether (sulfide) groups is 1. The Kier molecular flexibility index (Phi) is 7.25. The van der Waals surface area contributed by atoms with Gasteiger partial charge in [0.2, 0.25) is 0 Å². The Morgan fingerprint density at radius 3 is 2.44 bits per heavy atom. The summed E-state index contributed by atoms with van der Waals surface area (Å²) in [7, 11) is 0. The third-order valence-electron chi connectivity index (χ3n) is 9.05. The number of carbonyl (C=O) groups is 1. The van der Waals surface area contributed by atoms with Crippen molar-refractivity contribution < 1.29 is 9.90 Å². The second-order valence-electron chi connectivity index (χ2n) is 11.3. The Morgan fingerprint density at radius 1 is 1.00 bits per heavy atom. The van der Waals surface area contributed by atoms with E-state index in [4.69, 9.17) is 0 Å². The van der Waals surface area contributed by atoms with E-state index in [1.165, 1.54) is 5.56 Å². The first-order valence-corrected chi connectivity index (χ1v) is 15.2. The predicted octanol–water partition coefficient (Wildman–Crippen LogP) is 4.82. The number of likely N-dealkylation sites (tertiary alicyclic amines) is 1. The van der Waals surface area contributed by atoms with Gasteiger partial charge in [0.15, 0.2) is 0 Å². The van der Waals surface area contributed by atoms with E-state index >= 15 is 0 Å². The first-order valence-electron chi connectivity index (χ1n) is 14.0. The number of aromatic nitrogens is 2. The summed E-state index contributed by atoms with van der Waals surface area (Å²) in [5.74, 6) is 1.83. The summed E-state index contributed by atoms with van der Waals surface area (Å²) in [6.07, 6.45) is 5.78. The topological polar surface area (TPSA) is 78.7 Å². The molecule has 2 aromatic carbocycles. The average molecular weight is 545 g/mol. The maximum absolute atomic E-state index is 14.0. The molecule has 204 valence electrons. The van der Waals surface area contributed by atoms with Crippen molar-refractivity contribution in [1.82, 2.24) is 19.4 Å². The molecule has 3 aromatic rings. The maximum Gasteiger partial charge on any atom is 0.320 e. The summed E-state index contributed by atoms with van der Waals surface area (Å²) >= 11 is 1.90. The molecule has 8 heteroatoms. The Hall–Kier alpha value is -3.10. The number of amides is 2. The monoisotopic (exact) mass is 544 g/mol. The highest BCUT2D eigenvalue weighted by molar-refractivity contribution is 7.99. The molecule has 0 radical (unpaired) electrons.